The normalized spacial score (nSPS) is 11.0. The largest absolute Gasteiger partial charge is 0.493 e. The van der Waals surface area contributed by atoms with Crippen molar-refractivity contribution in [3.63, 3.8) is 0 Å². The first-order valence-corrected chi connectivity index (χ1v) is 8.27. The topological polar surface area (TPSA) is 54.0 Å². The van der Waals surface area contributed by atoms with E-state index in [-0.39, 0.29) is 12.4 Å². The Hall–Kier alpha value is -2.76. The summed E-state index contributed by atoms with van der Waals surface area (Å²) in [6.07, 6.45) is 0. The summed E-state index contributed by atoms with van der Waals surface area (Å²) >= 11 is 0. The number of methoxy groups -OCH3 is 1. The lowest BCUT2D eigenvalue weighted by Crippen LogP contribution is -2.39. The van der Waals surface area contributed by atoms with Gasteiger partial charge in [0, 0.05) is 0 Å². The third-order valence-electron chi connectivity index (χ3n) is 3.58. The van der Waals surface area contributed by atoms with Crippen molar-refractivity contribution in [2.45, 2.75) is 33.0 Å². The van der Waals surface area contributed by atoms with Gasteiger partial charge in [0.15, 0.2) is 17.1 Å². The zero-order valence-corrected chi connectivity index (χ0v) is 15.4. The summed E-state index contributed by atoms with van der Waals surface area (Å²) in [6.45, 7) is 5.67. The number of rotatable bonds is 8. The maximum absolute atomic E-state index is 13.0. The third-order valence-corrected chi connectivity index (χ3v) is 3.58. The van der Waals surface area contributed by atoms with Crippen molar-refractivity contribution >= 4 is 5.97 Å². The minimum absolute atomic E-state index is 0.0673. The average molecular weight is 362 g/mol. The number of carbonyl (C=O) groups is 1. The molecule has 140 valence electrons. The first kappa shape index (κ1) is 19.6. The maximum Gasteiger partial charge on any atom is 0.350 e. The zero-order valence-electron chi connectivity index (χ0n) is 15.4. The molecule has 0 aromatic heterocycles. The smallest absolute Gasteiger partial charge is 0.350 e. The van der Waals surface area contributed by atoms with Crippen molar-refractivity contribution in [3.05, 3.63) is 53.8 Å². The Morgan fingerprint density at radius 3 is 2.38 bits per heavy atom. The lowest BCUT2D eigenvalue weighted by Gasteiger charge is -2.24. The van der Waals surface area contributed by atoms with Gasteiger partial charge in [-0.05, 0) is 62.7 Å². The van der Waals surface area contributed by atoms with Crippen LogP contribution in [0.1, 0.15) is 26.3 Å². The average Bonchev–Trinajstić information content (AvgIpc) is 2.62. The molecular weight excluding hydrogens is 339 g/mol. The molecule has 0 bridgehead atoms. The quantitative estimate of drug-likeness (QED) is 0.661. The molecule has 0 saturated heterocycles. The molecule has 0 atom stereocenters. The third kappa shape index (κ3) is 5.12. The van der Waals surface area contributed by atoms with Crippen LogP contribution in [0.15, 0.2) is 42.5 Å². The van der Waals surface area contributed by atoms with E-state index >= 15 is 0 Å². The highest BCUT2D eigenvalue weighted by Gasteiger charge is 2.32. The molecule has 0 spiro atoms. The molecule has 2 aromatic carbocycles. The van der Waals surface area contributed by atoms with Crippen molar-refractivity contribution in [1.29, 1.82) is 0 Å². The van der Waals surface area contributed by atoms with Crippen LogP contribution in [0.5, 0.6) is 17.2 Å². The van der Waals surface area contributed by atoms with Crippen LogP contribution in [0.3, 0.4) is 0 Å². The molecule has 0 aliphatic carbocycles. The highest BCUT2D eigenvalue weighted by molar-refractivity contribution is 5.79. The van der Waals surface area contributed by atoms with E-state index in [9.17, 15) is 9.18 Å². The van der Waals surface area contributed by atoms with Gasteiger partial charge >= 0.3 is 5.97 Å². The van der Waals surface area contributed by atoms with Crippen molar-refractivity contribution in [3.8, 4) is 17.2 Å². The fourth-order valence-corrected chi connectivity index (χ4v) is 2.24. The first-order chi connectivity index (χ1) is 12.4. The Balaban J connectivity index is 1.99. The highest BCUT2D eigenvalue weighted by atomic mass is 19.1. The summed E-state index contributed by atoms with van der Waals surface area (Å²) in [5.74, 6) is 0.681. The lowest BCUT2D eigenvalue weighted by molar-refractivity contribution is -0.160. The van der Waals surface area contributed by atoms with Crippen molar-refractivity contribution in [2.24, 2.45) is 0 Å². The number of carbonyl (C=O) groups excluding carboxylic acids is 1. The number of hydrogen-bond donors (Lipinski definition) is 0. The van der Waals surface area contributed by atoms with Gasteiger partial charge in [0.25, 0.3) is 0 Å². The predicted octanol–water partition coefficient (Wildman–Crippen LogP) is 4.13. The zero-order chi connectivity index (χ0) is 19.2. The van der Waals surface area contributed by atoms with Gasteiger partial charge in [-0.1, -0.05) is 6.07 Å². The van der Waals surface area contributed by atoms with E-state index in [0.29, 0.717) is 23.9 Å². The van der Waals surface area contributed by atoms with Crippen LogP contribution in [-0.4, -0.2) is 25.3 Å². The summed E-state index contributed by atoms with van der Waals surface area (Å²) < 4.78 is 34.7. The lowest BCUT2D eigenvalue weighted by atomic mass is 10.1. The van der Waals surface area contributed by atoms with Crippen LogP contribution in [0.25, 0.3) is 0 Å². The molecule has 2 aromatic rings. The molecular formula is C20H23FO5. The number of ether oxygens (including phenoxy) is 4. The molecule has 0 N–H and O–H groups in total. The summed E-state index contributed by atoms with van der Waals surface area (Å²) in [5.41, 5.74) is -0.455. The van der Waals surface area contributed by atoms with Crippen molar-refractivity contribution < 1.29 is 28.1 Å². The molecule has 0 saturated carbocycles. The standard InChI is InChI=1S/C20H23FO5/c1-5-24-17-11-6-14(12-18(17)23-4)13-25-19(22)20(2,3)26-16-9-7-15(21)8-10-16/h6-12H,5,13H2,1-4H3. The SMILES string of the molecule is CCOc1ccc(COC(=O)C(C)(C)Oc2ccc(F)cc2)cc1OC. The van der Waals surface area contributed by atoms with Gasteiger partial charge in [-0.2, -0.15) is 0 Å². The summed E-state index contributed by atoms with van der Waals surface area (Å²) in [6, 6.07) is 10.8. The minimum atomic E-state index is -1.22. The van der Waals surface area contributed by atoms with E-state index in [1.54, 1.807) is 39.2 Å². The Bertz CT molecular complexity index is 740. The van der Waals surface area contributed by atoms with Gasteiger partial charge in [-0.25, -0.2) is 9.18 Å². The highest BCUT2D eigenvalue weighted by Crippen LogP contribution is 2.28. The van der Waals surface area contributed by atoms with Gasteiger partial charge in [0.1, 0.15) is 18.2 Å². The number of benzene rings is 2. The second-order valence-electron chi connectivity index (χ2n) is 6.06. The van der Waals surface area contributed by atoms with E-state index in [1.165, 1.54) is 24.3 Å². The van der Waals surface area contributed by atoms with Gasteiger partial charge in [0.05, 0.1) is 13.7 Å². The summed E-state index contributed by atoms with van der Waals surface area (Å²) in [7, 11) is 1.55. The maximum atomic E-state index is 13.0. The fourth-order valence-electron chi connectivity index (χ4n) is 2.24. The Labute approximate surface area is 152 Å². The van der Waals surface area contributed by atoms with Gasteiger partial charge in [-0.15, -0.1) is 0 Å². The summed E-state index contributed by atoms with van der Waals surface area (Å²) in [4.78, 5) is 12.4. The van der Waals surface area contributed by atoms with Crippen LogP contribution in [0, 0.1) is 5.82 Å². The molecule has 5 nitrogen and oxygen atoms in total. The molecule has 26 heavy (non-hydrogen) atoms. The minimum Gasteiger partial charge on any atom is -0.493 e. The monoisotopic (exact) mass is 362 g/mol. The van der Waals surface area contributed by atoms with E-state index in [4.69, 9.17) is 18.9 Å². The first-order valence-electron chi connectivity index (χ1n) is 8.27. The Morgan fingerprint density at radius 1 is 1.08 bits per heavy atom. The van der Waals surface area contributed by atoms with Crippen LogP contribution >= 0.6 is 0 Å². The fraction of sp³-hybridized carbons (Fsp3) is 0.350. The molecule has 0 amide bonds. The summed E-state index contributed by atoms with van der Waals surface area (Å²) in [5, 5.41) is 0. The van der Waals surface area contributed by atoms with Gasteiger partial charge in [0.2, 0.25) is 0 Å². The van der Waals surface area contributed by atoms with Crippen LogP contribution in [0.4, 0.5) is 4.39 Å². The van der Waals surface area contributed by atoms with Gasteiger partial charge in [-0.3, -0.25) is 0 Å². The molecule has 0 unspecified atom stereocenters. The Kier molecular flexibility index (Phi) is 6.44. The molecule has 0 heterocycles. The van der Waals surface area contributed by atoms with Crippen LogP contribution in [0.2, 0.25) is 0 Å². The molecule has 0 fully saturated rings. The predicted molar refractivity (Wildman–Crippen MR) is 95.1 cm³/mol. The molecule has 2 rings (SSSR count). The molecule has 0 aliphatic rings. The number of halogens is 1. The van der Waals surface area contributed by atoms with E-state index in [1.807, 2.05) is 6.92 Å². The second kappa shape index (κ2) is 8.56. The van der Waals surface area contributed by atoms with Crippen molar-refractivity contribution in [2.75, 3.05) is 13.7 Å². The number of hydrogen-bond acceptors (Lipinski definition) is 5. The van der Waals surface area contributed by atoms with Gasteiger partial charge < -0.3 is 18.9 Å². The molecule has 0 aliphatic heterocycles. The number of esters is 1. The van der Waals surface area contributed by atoms with E-state index in [0.717, 1.165) is 5.56 Å². The Morgan fingerprint density at radius 2 is 1.77 bits per heavy atom. The molecule has 6 heteroatoms. The second-order valence-corrected chi connectivity index (χ2v) is 6.06. The van der Waals surface area contributed by atoms with E-state index in [2.05, 4.69) is 0 Å². The van der Waals surface area contributed by atoms with Crippen molar-refractivity contribution in [1.82, 2.24) is 0 Å². The van der Waals surface area contributed by atoms with Crippen LogP contribution in [-0.2, 0) is 16.1 Å². The van der Waals surface area contributed by atoms with Crippen LogP contribution < -0.4 is 14.2 Å². The molecule has 0 radical (unpaired) electrons. The van der Waals surface area contributed by atoms with E-state index < -0.39 is 11.6 Å².